The van der Waals surface area contributed by atoms with Crippen LogP contribution in [0.1, 0.15) is 32.6 Å². The molecule has 1 fully saturated rings. The summed E-state index contributed by atoms with van der Waals surface area (Å²) < 4.78 is 8.56. The molecule has 0 spiro atoms. The van der Waals surface area contributed by atoms with Crippen LogP contribution in [0.3, 0.4) is 0 Å². The number of nitrogens with one attached hydrogen (secondary N) is 2. The number of piperidine rings is 1. The van der Waals surface area contributed by atoms with Crippen molar-refractivity contribution in [2.24, 2.45) is 5.92 Å². The third-order valence-corrected chi connectivity index (χ3v) is 6.58. The fourth-order valence-corrected chi connectivity index (χ4v) is 4.72. The average Bonchev–Trinajstić information content (AvgIpc) is 2.81. The predicted octanol–water partition coefficient (Wildman–Crippen LogP) is 3.61. The van der Waals surface area contributed by atoms with Gasteiger partial charge in [0.15, 0.2) is 0 Å². The number of hydrogen-bond acceptors (Lipinski definition) is 6. The smallest absolute Gasteiger partial charge is 0.309 e. The van der Waals surface area contributed by atoms with Crippen molar-refractivity contribution < 1.29 is 14.3 Å². The van der Waals surface area contributed by atoms with E-state index >= 15 is 0 Å². The van der Waals surface area contributed by atoms with Crippen LogP contribution < -0.4 is 10.0 Å². The fourth-order valence-electron chi connectivity index (χ4n) is 3.90. The number of amides is 1. The van der Waals surface area contributed by atoms with E-state index in [1.165, 1.54) is 22.7 Å². The van der Waals surface area contributed by atoms with Gasteiger partial charge in [0, 0.05) is 18.0 Å². The first-order chi connectivity index (χ1) is 15.1. The lowest BCUT2D eigenvalue weighted by Crippen LogP contribution is -2.48. The summed E-state index contributed by atoms with van der Waals surface area (Å²) in [6, 6.07) is 14.3. The van der Waals surface area contributed by atoms with Crippen LogP contribution in [-0.4, -0.2) is 56.1 Å². The second kappa shape index (κ2) is 12.1. The van der Waals surface area contributed by atoms with Gasteiger partial charge in [-0.05, 0) is 81.1 Å². The zero-order valence-corrected chi connectivity index (χ0v) is 19.2. The molecule has 0 aliphatic carbocycles. The molecule has 1 amide bonds. The van der Waals surface area contributed by atoms with E-state index in [0.717, 1.165) is 24.3 Å². The first kappa shape index (κ1) is 23.6. The Kier molecular flexibility index (Phi) is 9.18. The molecule has 1 saturated heterocycles. The van der Waals surface area contributed by atoms with Gasteiger partial charge in [0.1, 0.15) is 0 Å². The molecule has 3 rings (SSSR count). The van der Waals surface area contributed by atoms with E-state index in [4.69, 9.17) is 4.74 Å². The summed E-state index contributed by atoms with van der Waals surface area (Å²) >= 11 is 1.51. The maximum Gasteiger partial charge on any atom is 0.309 e. The minimum absolute atomic E-state index is 0.0910. The molecule has 0 bridgehead atoms. The molecule has 0 saturated carbocycles. The van der Waals surface area contributed by atoms with Crippen molar-refractivity contribution in [1.82, 2.24) is 14.9 Å². The third-order valence-electron chi connectivity index (χ3n) is 5.68. The molecule has 1 aliphatic rings. The van der Waals surface area contributed by atoms with E-state index in [-0.39, 0.29) is 23.8 Å². The Hall–Kier alpha value is -2.09. The minimum atomic E-state index is -0.260. The Labute approximate surface area is 189 Å². The first-order valence-corrected chi connectivity index (χ1v) is 11.9. The first-order valence-electron chi connectivity index (χ1n) is 11.1. The lowest BCUT2D eigenvalue weighted by molar-refractivity contribution is -0.151. The van der Waals surface area contributed by atoms with Crippen molar-refractivity contribution in [1.29, 1.82) is 0 Å². The molecular formula is C24H33N3O3S. The van der Waals surface area contributed by atoms with Crippen LogP contribution >= 0.6 is 11.9 Å². The SMILES string of the molecule is CCOC(=O)C1CCN(C(=O)C(CCCNC)NSc2ccc3ccccc3c2)CC1. The van der Waals surface area contributed by atoms with Gasteiger partial charge in [-0.2, -0.15) is 0 Å². The van der Waals surface area contributed by atoms with Gasteiger partial charge in [0.25, 0.3) is 0 Å². The van der Waals surface area contributed by atoms with Gasteiger partial charge in [-0.15, -0.1) is 0 Å². The second-order valence-electron chi connectivity index (χ2n) is 7.88. The molecule has 1 aliphatic heterocycles. The maximum atomic E-state index is 13.2. The Balaban J connectivity index is 1.59. The van der Waals surface area contributed by atoms with Gasteiger partial charge in [-0.1, -0.05) is 30.3 Å². The number of likely N-dealkylation sites (tertiary alicyclic amines) is 1. The van der Waals surface area contributed by atoms with Crippen molar-refractivity contribution >= 4 is 34.6 Å². The molecule has 7 heteroatoms. The molecule has 1 unspecified atom stereocenters. The normalized spacial score (nSPS) is 15.7. The van der Waals surface area contributed by atoms with Crippen LogP contribution in [0, 0.1) is 5.92 Å². The Bertz CT molecular complexity index is 868. The minimum Gasteiger partial charge on any atom is -0.466 e. The molecule has 2 aromatic rings. The molecular weight excluding hydrogens is 410 g/mol. The summed E-state index contributed by atoms with van der Waals surface area (Å²) in [7, 11) is 1.92. The zero-order valence-electron chi connectivity index (χ0n) is 18.4. The highest BCUT2D eigenvalue weighted by molar-refractivity contribution is 7.97. The highest BCUT2D eigenvalue weighted by Gasteiger charge is 2.31. The van der Waals surface area contributed by atoms with E-state index in [1.807, 2.05) is 31.0 Å². The van der Waals surface area contributed by atoms with Crippen LogP contribution in [0.25, 0.3) is 10.8 Å². The van der Waals surface area contributed by atoms with Gasteiger partial charge in [-0.3, -0.25) is 9.59 Å². The highest BCUT2D eigenvalue weighted by atomic mass is 32.2. The summed E-state index contributed by atoms with van der Waals surface area (Å²) in [5.74, 6) is -0.108. The summed E-state index contributed by atoms with van der Waals surface area (Å²) in [6.07, 6.45) is 3.02. The summed E-state index contributed by atoms with van der Waals surface area (Å²) in [6.45, 7) is 4.31. The van der Waals surface area contributed by atoms with Crippen LogP contribution in [0.4, 0.5) is 0 Å². The average molecular weight is 444 g/mol. The lowest BCUT2D eigenvalue weighted by atomic mass is 9.96. The van der Waals surface area contributed by atoms with Crippen molar-refractivity contribution in [3.63, 3.8) is 0 Å². The molecule has 1 heterocycles. The quantitative estimate of drug-likeness (QED) is 0.332. The largest absolute Gasteiger partial charge is 0.466 e. The Morgan fingerprint density at radius 3 is 2.61 bits per heavy atom. The van der Waals surface area contributed by atoms with Crippen LogP contribution in [0.15, 0.2) is 47.4 Å². The third kappa shape index (κ3) is 6.69. The van der Waals surface area contributed by atoms with Gasteiger partial charge in [0.05, 0.1) is 18.6 Å². The highest BCUT2D eigenvalue weighted by Crippen LogP contribution is 2.24. The van der Waals surface area contributed by atoms with E-state index in [2.05, 4.69) is 40.4 Å². The van der Waals surface area contributed by atoms with E-state index in [0.29, 0.717) is 32.5 Å². The van der Waals surface area contributed by atoms with E-state index in [9.17, 15) is 9.59 Å². The molecule has 6 nitrogen and oxygen atoms in total. The molecule has 2 N–H and O–H groups in total. The molecule has 0 radical (unpaired) electrons. The topological polar surface area (TPSA) is 70.7 Å². The van der Waals surface area contributed by atoms with Crippen molar-refractivity contribution in [2.45, 2.75) is 43.5 Å². The summed E-state index contributed by atoms with van der Waals surface area (Å²) in [5, 5.41) is 5.55. The molecule has 1 atom stereocenters. The van der Waals surface area contributed by atoms with E-state index in [1.54, 1.807) is 0 Å². The summed E-state index contributed by atoms with van der Waals surface area (Å²) in [5.41, 5.74) is 0. The van der Waals surface area contributed by atoms with Gasteiger partial charge < -0.3 is 15.0 Å². The number of carbonyl (C=O) groups excluding carboxylic acids is 2. The van der Waals surface area contributed by atoms with E-state index < -0.39 is 0 Å². The second-order valence-corrected chi connectivity index (χ2v) is 8.79. The number of esters is 1. The molecule has 31 heavy (non-hydrogen) atoms. The van der Waals surface area contributed by atoms with Crippen LogP contribution in [-0.2, 0) is 14.3 Å². The number of benzene rings is 2. The monoisotopic (exact) mass is 443 g/mol. The number of rotatable bonds is 10. The van der Waals surface area contributed by atoms with Crippen molar-refractivity contribution in [2.75, 3.05) is 33.3 Å². The Morgan fingerprint density at radius 1 is 1.16 bits per heavy atom. The number of hydrogen-bond donors (Lipinski definition) is 2. The van der Waals surface area contributed by atoms with Gasteiger partial charge in [-0.25, -0.2) is 4.72 Å². The van der Waals surface area contributed by atoms with Crippen LogP contribution in [0.2, 0.25) is 0 Å². The van der Waals surface area contributed by atoms with Crippen LogP contribution in [0.5, 0.6) is 0 Å². The fraction of sp³-hybridized carbons (Fsp3) is 0.500. The van der Waals surface area contributed by atoms with Gasteiger partial charge >= 0.3 is 5.97 Å². The number of fused-ring (bicyclic) bond motifs is 1. The van der Waals surface area contributed by atoms with Gasteiger partial charge in [0.2, 0.25) is 5.91 Å². The van der Waals surface area contributed by atoms with Crippen molar-refractivity contribution in [3.05, 3.63) is 42.5 Å². The number of nitrogens with zero attached hydrogens (tertiary/aromatic N) is 1. The standard InChI is InChI=1S/C24H33N3O3S/c1-3-30-24(29)19-12-15-27(16-13-19)23(28)22(9-6-14-25-2)26-31-21-11-10-18-7-4-5-8-20(18)17-21/h4-5,7-8,10-11,17,19,22,25-26H,3,6,9,12-16H2,1-2H3. The van der Waals surface area contributed by atoms with Crippen molar-refractivity contribution in [3.8, 4) is 0 Å². The molecule has 2 aromatic carbocycles. The number of carbonyl (C=O) groups is 2. The molecule has 0 aromatic heterocycles. The summed E-state index contributed by atoms with van der Waals surface area (Å²) in [4.78, 5) is 28.2. The zero-order chi connectivity index (χ0) is 22.1. The maximum absolute atomic E-state index is 13.2. The predicted molar refractivity (Wildman–Crippen MR) is 126 cm³/mol. The Morgan fingerprint density at radius 2 is 1.90 bits per heavy atom. The number of ether oxygens (including phenoxy) is 1. The lowest BCUT2D eigenvalue weighted by Gasteiger charge is -2.33. The molecule has 168 valence electrons.